The summed E-state index contributed by atoms with van der Waals surface area (Å²) >= 11 is 0. The molecule has 0 spiro atoms. The topological polar surface area (TPSA) is 38.7 Å². The van der Waals surface area contributed by atoms with Gasteiger partial charge < -0.3 is 14.6 Å². The van der Waals surface area contributed by atoms with Gasteiger partial charge in [0.25, 0.3) is 0 Å². The number of alkyl halides is 3. The lowest BCUT2D eigenvalue weighted by Crippen LogP contribution is -2.16. The van der Waals surface area contributed by atoms with Crippen LogP contribution in [-0.2, 0) is 5.41 Å². The molecule has 0 heterocycles. The van der Waals surface area contributed by atoms with Gasteiger partial charge in [0.05, 0.1) is 0 Å². The number of aromatic hydroxyl groups is 1. The fourth-order valence-corrected chi connectivity index (χ4v) is 2.78. The molecule has 0 unspecified atom stereocenters. The van der Waals surface area contributed by atoms with Crippen LogP contribution in [0.2, 0.25) is 0 Å². The molecule has 0 atom stereocenters. The SMILES string of the molecule is CC(C)(C)c1cccc(Oc2cc(-c3ccc(OC(F)(F)F)cc3)ccc2O)c1. The molecule has 3 rings (SSSR count). The van der Waals surface area contributed by atoms with Gasteiger partial charge in [-0.3, -0.25) is 0 Å². The van der Waals surface area contributed by atoms with E-state index in [0.29, 0.717) is 16.9 Å². The average Bonchev–Trinajstić information content (AvgIpc) is 2.62. The number of hydrogen-bond acceptors (Lipinski definition) is 3. The number of ether oxygens (including phenoxy) is 2. The van der Waals surface area contributed by atoms with Crippen molar-refractivity contribution in [3.8, 4) is 34.1 Å². The van der Waals surface area contributed by atoms with Crippen LogP contribution in [0.5, 0.6) is 23.0 Å². The summed E-state index contributed by atoms with van der Waals surface area (Å²) in [5.74, 6) is 0.505. The molecule has 152 valence electrons. The van der Waals surface area contributed by atoms with Gasteiger partial charge in [0.1, 0.15) is 11.5 Å². The summed E-state index contributed by atoms with van der Waals surface area (Å²) in [6.45, 7) is 6.28. The van der Waals surface area contributed by atoms with Gasteiger partial charge in [-0.25, -0.2) is 0 Å². The molecule has 1 N–H and O–H groups in total. The largest absolute Gasteiger partial charge is 0.573 e. The molecule has 6 heteroatoms. The number of halogens is 3. The van der Waals surface area contributed by atoms with E-state index in [4.69, 9.17) is 4.74 Å². The molecular formula is C23H21F3O3. The first kappa shape index (κ1) is 20.6. The van der Waals surface area contributed by atoms with Gasteiger partial charge in [-0.1, -0.05) is 51.1 Å². The lowest BCUT2D eigenvalue weighted by Gasteiger charge is -2.20. The Kier molecular flexibility index (Phi) is 5.46. The summed E-state index contributed by atoms with van der Waals surface area (Å²) in [4.78, 5) is 0. The van der Waals surface area contributed by atoms with Crippen LogP contribution >= 0.6 is 0 Å². The third-order valence-corrected chi connectivity index (χ3v) is 4.31. The predicted octanol–water partition coefficient (Wildman–Crippen LogP) is 7.05. The average molecular weight is 402 g/mol. The van der Waals surface area contributed by atoms with Crippen LogP contribution < -0.4 is 9.47 Å². The monoisotopic (exact) mass is 402 g/mol. The Morgan fingerprint density at radius 1 is 0.759 bits per heavy atom. The van der Waals surface area contributed by atoms with Gasteiger partial charge in [-0.15, -0.1) is 13.2 Å². The fourth-order valence-electron chi connectivity index (χ4n) is 2.78. The number of hydrogen-bond donors (Lipinski definition) is 1. The Morgan fingerprint density at radius 2 is 1.41 bits per heavy atom. The molecule has 0 saturated heterocycles. The van der Waals surface area contributed by atoms with Crippen LogP contribution in [0.1, 0.15) is 26.3 Å². The molecule has 0 aliphatic heterocycles. The molecule has 0 aromatic heterocycles. The normalized spacial score (nSPS) is 11.9. The zero-order chi connectivity index (χ0) is 21.2. The number of phenols is 1. The number of benzene rings is 3. The molecule has 0 saturated carbocycles. The Balaban J connectivity index is 1.85. The third kappa shape index (κ3) is 5.44. The van der Waals surface area contributed by atoms with Crippen LogP contribution in [-0.4, -0.2) is 11.5 Å². The van der Waals surface area contributed by atoms with Crippen molar-refractivity contribution in [3.63, 3.8) is 0 Å². The van der Waals surface area contributed by atoms with E-state index in [1.807, 2.05) is 18.2 Å². The van der Waals surface area contributed by atoms with Crippen molar-refractivity contribution in [1.29, 1.82) is 0 Å². The number of rotatable bonds is 4. The van der Waals surface area contributed by atoms with E-state index < -0.39 is 6.36 Å². The molecule has 3 nitrogen and oxygen atoms in total. The molecule has 0 radical (unpaired) electrons. The third-order valence-electron chi connectivity index (χ3n) is 4.31. The zero-order valence-corrected chi connectivity index (χ0v) is 16.2. The summed E-state index contributed by atoms with van der Waals surface area (Å²) in [5, 5.41) is 10.2. The summed E-state index contributed by atoms with van der Waals surface area (Å²) in [7, 11) is 0. The molecule has 0 bridgehead atoms. The summed E-state index contributed by atoms with van der Waals surface area (Å²) in [6.07, 6.45) is -4.73. The van der Waals surface area contributed by atoms with Crippen molar-refractivity contribution in [2.45, 2.75) is 32.5 Å². The molecule has 3 aromatic rings. The van der Waals surface area contributed by atoms with E-state index in [-0.39, 0.29) is 22.7 Å². The standard InChI is InChI=1S/C23H21F3O3/c1-22(2,3)17-5-4-6-19(14-17)28-21-13-16(9-12-20(21)27)15-7-10-18(11-8-15)29-23(24,25)26/h4-14,27H,1-3H3. The summed E-state index contributed by atoms with van der Waals surface area (Å²) in [6, 6.07) is 17.9. The molecule has 29 heavy (non-hydrogen) atoms. The molecule has 0 amide bonds. The quantitative estimate of drug-likeness (QED) is 0.508. The van der Waals surface area contributed by atoms with E-state index >= 15 is 0 Å². The second kappa shape index (κ2) is 7.70. The van der Waals surface area contributed by atoms with E-state index in [9.17, 15) is 18.3 Å². The van der Waals surface area contributed by atoms with Crippen molar-refractivity contribution in [2.75, 3.05) is 0 Å². The highest BCUT2D eigenvalue weighted by molar-refractivity contribution is 5.68. The van der Waals surface area contributed by atoms with E-state index in [2.05, 4.69) is 25.5 Å². The zero-order valence-electron chi connectivity index (χ0n) is 16.2. The Bertz CT molecular complexity index is 987. The number of phenolic OH excluding ortho intramolecular Hbond substituents is 1. The van der Waals surface area contributed by atoms with Gasteiger partial charge in [-0.2, -0.15) is 0 Å². The molecule has 0 aliphatic carbocycles. The lowest BCUT2D eigenvalue weighted by molar-refractivity contribution is -0.274. The summed E-state index contributed by atoms with van der Waals surface area (Å²) in [5.41, 5.74) is 2.38. The maximum atomic E-state index is 12.3. The second-order valence-corrected chi connectivity index (χ2v) is 7.63. The Morgan fingerprint density at radius 3 is 2.03 bits per heavy atom. The van der Waals surface area contributed by atoms with Gasteiger partial charge in [-0.05, 0) is 58.5 Å². The molecule has 3 aromatic carbocycles. The van der Waals surface area contributed by atoms with Gasteiger partial charge >= 0.3 is 6.36 Å². The summed E-state index contributed by atoms with van der Waals surface area (Å²) < 4.78 is 46.7. The van der Waals surface area contributed by atoms with Crippen molar-refractivity contribution in [2.24, 2.45) is 0 Å². The molecule has 0 fully saturated rings. The van der Waals surface area contributed by atoms with Crippen molar-refractivity contribution in [3.05, 3.63) is 72.3 Å². The maximum Gasteiger partial charge on any atom is 0.573 e. The van der Waals surface area contributed by atoms with Crippen molar-refractivity contribution in [1.82, 2.24) is 0 Å². The highest BCUT2D eigenvalue weighted by Gasteiger charge is 2.31. The van der Waals surface area contributed by atoms with Crippen LogP contribution in [0.4, 0.5) is 13.2 Å². The van der Waals surface area contributed by atoms with Crippen LogP contribution in [0.3, 0.4) is 0 Å². The second-order valence-electron chi connectivity index (χ2n) is 7.63. The lowest BCUT2D eigenvalue weighted by atomic mass is 9.87. The highest BCUT2D eigenvalue weighted by atomic mass is 19.4. The minimum absolute atomic E-state index is 0.0352. The van der Waals surface area contributed by atoms with Gasteiger partial charge in [0.2, 0.25) is 0 Å². The Labute approximate surface area is 167 Å². The van der Waals surface area contributed by atoms with Gasteiger partial charge in [0.15, 0.2) is 11.5 Å². The highest BCUT2D eigenvalue weighted by Crippen LogP contribution is 2.36. The smallest absolute Gasteiger partial charge is 0.504 e. The Hall–Kier alpha value is -3.15. The van der Waals surface area contributed by atoms with Crippen LogP contribution in [0, 0.1) is 0 Å². The van der Waals surface area contributed by atoms with Crippen molar-refractivity contribution >= 4 is 0 Å². The van der Waals surface area contributed by atoms with Crippen LogP contribution in [0.15, 0.2) is 66.7 Å². The maximum absolute atomic E-state index is 12.3. The van der Waals surface area contributed by atoms with Crippen molar-refractivity contribution < 1.29 is 27.8 Å². The first-order valence-corrected chi connectivity index (χ1v) is 8.99. The van der Waals surface area contributed by atoms with Gasteiger partial charge in [0, 0.05) is 0 Å². The predicted molar refractivity (Wildman–Crippen MR) is 105 cm³/mol. The minimum Gasteiger partial charge on any atom is -0.504 e. The fraction of sp³-hybridized carbons (Fsp3) is 0.217. The molecule has 0 aliphatic rings. The van der Waals surface area contributed by atoms with E-state index in [0.717, 1.165) is 5.56 Å². The van der Waals surface area contributed by atoms with E-state index in [1.165, 1.54) is 30.3 Å². The van der Waals surface area contributed by atoms with Crippen LogP contribution in [0.25, 0.3) is 11.1 Å². The first-order valence-electron chi connectivity index (χ1n) is 8.99. The first-order chi connectivity index (χ1) is 13.5. The van der Waals surface area contributed by atoms with E-state index in [1.54, 1.807) is 18.2 Å². The minimum atomic E-state index is -4.73. The molecular weight excluding hydrogens is 381 g/mol.